The smallest absolute Gasteiger partial charge is 0.128 e. The van der Waals surface area contributed by atoms with E-state index in [9.17, 15) is 0 Å². The Hall–Kier alpha value is -0.580. The molecule has 2 nitrogen and oxygen atoms in total. The molecule has 0 spiro atoms. The molecule has 1 N–H and O–H groups in total. The third-order valence-corrected chi connectivity index (χ3v) is 3.80. The molecule has 2 rings (SSSR count). The van der Waals surface area contributed by atoms with Gasteiger partial charge in [-0.25, -0.2) is 0 Å². The van der Waals surface area contributed by atoms with Crippen LogP contribution in [0.15, 0.2) is 24.3 Å². The third kappa shape index (κ3) is 3.70. The number of aryl methyl sites for hydroxylation is 1. The molecule has 1 fully saturated rings. The van der Waals surface area contributed by atoms with Crippen molar-refractivity contribution in [3.63, 3.8) is 0 Å². The normalized spacial score (nSPS) is 15.9. The number of amidine groups is 1. The van der Waals surface area contributed by atoms with Crippen LogP contribution in [0.1, 0.15) is 43.2 Å². The Labute approximate surface area is 127 Å². The quantitative estimate of drug-likeness (QED) is 0.479. The predicted octanol–water partition coefficient (Wildman–Crippen LogP) is 4.20. The van der Waals surface area contributed by atoms with Crippen molar-refractivity contribution in [1.29, 1.82) is 5.41 Å². The second-order valence-electron chi connectivity index (χ2n) is 5.12. The van der Waals surface area contributed by atoms with Crippen LogP contribution in [0.3, 0.4) is 0 Å². The summed E-state index contributed by atoms with van der Waals surface area (Å²) in [6.07, 6.45) is 6.48. The van der Waals surface area contributed by atoms with E-state index < -0.39 is 0 Å². The summed E-state index contributed by atoms with van der Waals surface area (Å²) in [5, 5.41) is 8.27. The van der Waals surface area contributed by atoms with Crippen molar-refractivity contribution in [3.8, 4) is 0 Å². The molecule has 0 radical (unpaired) electrons. The Kier molecular flexibility index (Phi) is 6.12. The van der Waals surface area contributed by atoms with Crippen LogP contribution < -0.4 is 0 Å². The van der Waals surface area contributed by atoms with E-state index in [0.717, 1.165) is 5.56 Å². The predicted molar refractivity (Wildman–Crippen MR) is 88.1 cm³/mol. The number of rotatable bonds is 2. The van der Waals surface area contributed by atoms with Crippen LogP contribution in [-0.2, 0) is 0 Å². The first-order valence-electron chi connectivity index (χ1n) is 6.57. The maximum atomic E-state index is 8.27. The Bertz CT molecular complexity index is 380. The van der Waals surface area contributed by atoms with Crippen LogP contribution in [0.4, 0.5) is 0 Å². The zero-order chi connectivity index (χ0) is 12.3. The number of hydrogen-bond donors (Lipinski definition) is 1. The van der Waals surface area contributed by atoms with Crippen molar-refractivity contribution in [3.05, 3.63) is 35.4 Å². The topological polar surface area (TPSA) is 27.1 Å². The molecule has 1 aromatic carbocycles. The van der Waals surface area contributed by atoms with Gasteiger partial charge >= 0.3 is 0 Å². The van der Waals surface area contributed by atoms with E-state index in [4.69, 9.17) is 5.41 Å². The fourth-order valence-corrected chi connectivity index (χ4v) is 2.57. The van der Waals surface area contributed by atoms with Crippen LogP contribution in [0.25, 0.3) is 0 Å². The van der Waals surface area contributed by atoms with Gasteiger partial charge in [-0.15, -0.1) is 24.0 Å². The van der Waals surface area contributed by atoms with Crippen molar-refractivity contribution in [2.75, 3.05) is 7.05 Å². The van der Waals surface area contributed by atoms with Gasteiger partial charge < -0.3 is 4.90 Å². The average Bonchev–Trinajstić information content (AvgIpc) is 2.39. The highest BCUT2D eigenvalue weighted by Gasteiger charge is 2.20. The molecule has 0 aliphatic heterocycles. The molecule has 3 heteroatoms. The second kappa shape index (κ2) is 7.12. The Balaban J connectivity index is 0.00000162. The highest BCUT2D eigenvalue weighted by Crippen LogP contribution is 2.22. The molecule has 18 heavy (non-hydrogen) atoms. The van der Waals surface area contributed by atoms with E-state index in [0.29, 0.717) is 11.9 Å². The molecule has 1 saturated carbocycles. The van der Waals surface area contributed by atoms with Gasteiger partial charge in [-0.05, 0) is 19.8 Å². The number of hydrogen-bond acceptors (Lipinski definition) is 1. The van der Waals surface area contributed by atoms with Crippen molar-refractivity contribution in [2.24, 2.45) is 0 Å². The average molecular weight is 358 g/mol. The van der Waals surface area contributed by atoms with E-state index in [2.05, 4.69) is 43.1 Å². The van der Waals surface area contributed by atoms with Crippen molar-refractivity contribution < 1.29 is 0 Å². The standard InChI is InChI=1S/C15H22N2.HI/c1-12-8-10-13(11-9-12)15(16)17(2)14-6-4-3-5-7-14;/h8-11,14,16H,3-7H2,1-2H3;1H. The first-order chi connectivity index (χ1) is 8.18. The lowest BCUT2D eigenvalue weighted by Gasteiger charge is -2.33. The molecule has 1 aromatic rings. The van der Waals surface area contributed by atoms with E-state index in [1.165, 1.54) is 37.7 Å². The van der Waals surface area contributed by atoms with Crippen molar-refractivity contribution >= 4 is 29.8 Å². The highest BCUT2D eigenvalue weighted by atomic mass is 127. The van der Waals surface area contributed by atoms with Crippen molar-refractivity contribution in [2.45, 2.75) is 45.1 Å². The zero-order valence-corrected chi connectivity index (χ0v) is 13.6. The van der Waals surface area contributed by atoms with Gasteiger partial charge in [0.25, 0.3) is 0 Å². The first kappa shape index (κ1) is 15.5. The minimum Gasteiger partial charge on any atom is -0.357 e. The summed E-state index contributed by atoms with van der Waals surface area (Å²) >= 11 is 0. The van der Waals surface area contributed by atoms with Gasteiger partial charge in [0, 0.05) is 18.7 Å². The lowest BCUT2D eigenvalue weighted by atomic mass is 9.94. The summed E-state index contributed by atoms with van der Waals surface area (Å²) in [5.74, 6) is 0.664. The van der Waals surface area contributed by atoms with Gasteiger partial charge in [0.1, 0.15) is 5.84 Å². The molecular weight excluding hydrogens is 335 g/mol. The molecule has 1 aliphatic carbocycles. The molecule has 100 valence electrons. The lowest BCUT2D eigenvalue weighted by molar-refractivity contribution is 0.277. The molecule has 0 atom stereocenters. The molecule has 1 aliphatic rings. The van der Waals surface area contributed by atoms with E-state index >= 15 is 0 Å². The van der Waals surface area contributed by atoms with E-state index in [1.54, 1.807) is 0 Å². The molecule has 0 unspecified atom stereocenters. The fraction of sp³-hybridized carbons (Fsp3) is 0.533. The van der Waals surface area contributed by atoms with Crippen LogP contribution in [0.5, 0.6) is 0 Å². The number of halogens is 1. The highest BCUT2D eigenvalue weighted by molar-refractivity contribution is 14.0. The zero-order valence-electron chi connectivity index (χ0n) is 11.3. The van der Waals surface area contributed by atoms with Crippen LogP contribution >= 0.6 is 24.0 Å². The van der Waals surface area contributed by atoms with Crippen LogP contribution in [0, 0.1) is 12.3 Å². The monoisotopic (exact) mass is 358 g/mol. The molecule has 0 heterocycles. The van der Waals surface area contributed by atoms with Gasteiger partial charge in [0.15, 0.2) is 0 Å². The lowest BCUT2D eigenvalue weighted by Crippen LogP contribution is -2.38. The molecular formula is C15H23IN2. The molecule has 0 aromatic heterocycles. The van der Waals surface area contributed by atoms with Gasteiger partial charge in [0.05, 0.1) is 0 Å². The number of benzene rings is 1. The Morgan fingerprint density at radius 2 is 1.67 bits per heavy atom. The Morgan fingerprint density at radius 3 is 2.22 bits per heavy atom. The molecule has 0 amide bonds. The fourth-order valence-electron chi connectivity index (χ4n) is 2.57. The number of nitrogens with one attached hydrogen (secondary N) is 1. The summed E-state index contributed by atoms with van der Waals surface area (Å²) in [6, 6.07) is 8.84. The van der Waals surface area contributed by atoms with Gasteiger partial charge in [-0.1, -0.05) is 49.1 Å². The van der Waals surface area contributed by atoms with Gasteiger partial charge in [0.2, 0.25) is 0 Å². The summed E-state index contributed by atoms with van der Waals surface area (Å²) < 4.78 is 0. The van der Waals surface area contributed by atoms with Gasteiger partial charge in [-0.3, -0.25) is 5.41 Å². The maximum absolute atomic E-state index is 8.27. The molecule has 0 bridgehead atoms. The largest absolute Gasteiger partial charge is 0.357 e. The number of nitrogens with zero attached hydrogens (tertiary/aromatic N) is 1. The third-order valence-electron chi connectivity index (χ3n) is 3.80. The Morgan fingerprint density at radius 1 is 1.11 bits per heavy atom. The minimum atomic E-state index is 0. The van der Waals surface area contributed by atoms with Crippen LogP contribution in [-0.4, -0.2) is 23.8 Å². The minimum absolute atomic E-state index is 0. The van der Waals surface area contributed by atoms with Crippen molar-refractivity contribution in [1.82, 2.24) is 4.90 Å². The molecule has 0 saturated heterocycles. The van der Waals surface area contributed by atoms with E-state index in [-0.39, 0.29) is 24.0 Å². The summed E-state index contributed by atoms with van der Waals surface area (Å²) in [7, 11) is 2.07. The first-order valence-corrected chi connectivity index (χ1v) is 6.57. The van der Waals surface area contributed by atoms with E-state index in [1.807, 2.05) is 0 Å². The summed E-state index contributed by atoms with van der Waals surface area (Å²) in [6.45, 7) is 2.08. The second-order valence-corrected chi connectivity index (χ2v) is 5.12. The van der Waals surface area contributed by atoms with Crippen LogP contribution in [0.2, 0.25) is 0 Å². The summed E-state index contributed by atoms with van der Waals surface area (Å²) in [5.41, 5.74) is 2.28. The SMILES string of the molecule is Cc1ccc(C(=N)N(C)C2CCCCC2)cc1.I. The summed E-state index contributed by atoms with van der Waals surface area (Å²) in [4.78, 5) is 2.16. The van der Waals surface area contributed by atoms with Gasteiger partial charge in [-0.2, -0.15) is 0 Å². The maximum Gasteiger partial charge on any atom is 0.128 e.